The van der Waals surface area contributed by atoms with Crippen LogP contribution >= 0.6 is 0 Å². The number of benzene rings is 1. The zero-order chi connectivity index (χ0) is 20.8. The van der Waals surface area contributed by atoms with E-state index < -0.39 is 5.97 Å². The lowest BCUT2D eigenvalue weighted by Gasteiger charge is -2.34. The summed E-state index contributed by atoms with van der Waals surface area (Å²) in [5.74, 6) is -0.392. The molecular formula is C21H26N4O4. The summed E-state index contributed by atoms with van der Waals surface area (Å²) in [5, 5.41) is 11.7. The third-order valence-electron chi connectivity index (χ3n) is 4.75. The predicted octanol–water partition coefficient (Wildman–Crippen LogP) is 2.31. The van der Waals surface area contributed by atoms with E-state index in [0.717, 1.165) is 16.8 Å². The van der Waals surface area contributed by atoms with Gasteiger partial charge < -0.3 is 14.7 Å². The number of nitrogens with zero attached hydrogens (tertiary/aromatic N) is 3. The summed E-state index contributed by atoms with van der Waals surface area (Å²) in [6.45, 7) is 3.59. The second-order valence-corrected chi connectivity index (χ2v) is 7.15. The molecule has 0 saturated carbocycles. The Morgan fingerprint density at radius 2 is 2.03 bits per heavy atom. The Hall–Kier alpha value is -2.97. The number of ether oxygens (including phenoxy) is 1. The van der Waals surface area contributed by atoms with Gasteiger partial charge >= 0.3 is 12.0 Å². The van der Waals surface area contributed by atoms with Gasteiger partial charge in [0.15, 0.2) is 0 Å². The van der Waals surface area contributed by atoms with E-state index >= 15 is 0 Å². The van der Waals surface area contributed by atoms with Crippen LogP contribution in [0.3, 0.4) is 0 Å². The lowest BCUT2D eigenvalue weighted by atomic mass is 10.0. The summed E-state index contributed by atoms with van der Waals surface area (Å²) in [4.78, 5) is 31.3. The molecule has 2 aromatic rings. The van der Waals surface area contributed by atoms with E-state index in [2.05, 4.69) is 10.3 Å². The van der Waals surface area contributed by atoms with Crippen LogP contribution < -0.4 is 5.32 Å². The molecule has 3 rings (SSSR count). The molecule has 1 aromatic heterocycles. The first-order valence-electron chi connectivity index (χ1n) is 9.53. The molecule has 0 radical (unpaired) electrons. The standard InChI is InChI=1S/C21H26N4O4/c1-15-18(16-6-4-3-5-7-16)8-9-19(22-15)23-21(28)25-10-11-29-17(13-25)12-24(2)14-20(26)27/h3-9,17H,10-14H2,1-2H3,(H,26,27)(H,22,23,28). The molecule has 2 N–H and O–H groups in total. The molecule has 2 amide bonds. The molecule has 1 unspecified atom stereocenters. The van der Waals surface area contributed by atoms with Crippen molar-refractivity contribution in [1.29, 1.82) is 0 Å². The number of aromatic nitrogens is 1. The minimum absolute atomic E-state index is 0.0665. The fourth-order valence-electron chi connectivity index (χ4n) is 3.40. The summed E-state index contributed by atoms with van der Waals surface area (Å²) in [6, 6.07) is 13.5. The number of nitrogens with one attached hydrogen (secondary N) is 1. The first-order valence-corrected chi connectivity index (χ1v) is 9.53. The first kappa shape index (κ1) is 20.8. The number of anilines is 1. The lowest BCUT2D eigenvalue weighted by molar-refractivity contribution is -0.138. The second kappa shape index (κ2) is 9.49. The minimum Gasteiger partial charge on any atom is -0.480 e. The Kier molecular flexibility index (Phi) is 6.79. The number of morpholine rings is 1. The van der Waals surface area contributed by atoms with Crippen LogP contribution in [0.4, 0.5) is 10.6 Å². The maximum absolute atomic E-state index is 12.7. The highest BCUT2D eigenvalue weighted by molar-refractivity contribution is 5.88. The monoisotopic (exact) mass is 398 g/mol. The molecule has 1 atom stereocenters. The van der Waals surface area contributed by atoms with Crippen LogP contribution in [-0.4, -0.2) is 77.8 Å². The van der Waals surface area contributed by atoms with Gasteiger partial charge in [0.1, 0.15) is 5.82 Å². The predicted molar refractivity (Wildman–Crippen MR) is 110 cm³/mol. The van der Waals surface area contributed by atoms with Crippen LogP contribution in [0.25, 0.3) is 11.1 Å². The summed E-state index contributed by atoms with van der Waals surface area (Å²) in [7, 11) is 1.72. The fourth-order valence-corrected chi connectivity index (χ4v) is 3.40. The van der Waals surface area contributed by atoms with Crippen LogP contribution in [0.1, 0.15) is 5.69 Å². The second-order valence-electron chi connectivity index (χ2n) is 7.15. The van der Waals surface area contributed by atoms with Crippen molar-refractivity contribution in [3.63, 3.8) is 0 Å². The number of carboxylic acid groups (broad SMARTS) is 1. The Morgan fingerprint density at radius 3 is 2.72 bits per heavy atom. The number of rotatable bonds is 6. The average Bonchev–Trinajstić information content (AvgIpc) is 2.68. The van der Waals surface area contributed by atoms with Gasteiger partial charge in [-0.15, -0.1) is 0 Å². The third kappa shape index (κ3) is 5.75. The van der Waals surface area contributed by atoms with E-state index in [9.17, 15) is 9.59 Å². The molecule has 29 heavy (non-hydrogen) atoms. The quantitative estimate of drug-likeness (QED) is 0.775. The molecule has 2 heterocycles. The number of carboxylic acids is 1. The Balaban J connectivity index is 1.59. The largest absolute Gasteiger partial charge is 0.480 e. The normalized spacial score (nSPS) is 16.7. The molecule has 1 aliphatic rings. The molecule has 8 nitrogen and oxygen atoms in total. The van der Waals surface area contributed by atoms with E-state index in [-0.39, 0.29) is 18.7 Å². The number of urea groups is 1. The van der Waals surface area contributed by atoms with Crippen molar-refractivity contribution in [3.05, 3.63) is 48.2 Å². The number of likely N-dealkylation sites (N-methyl/N-ethyl adjacent to an activating group) is 1. The van der Waals surface area contributed by atoms with E-state index in [1.807, 2.05) is 43.3 Å². The number of amides is 2. The third-order valence-corrected chi connectivity index (χ3v) is 4.75. The zero-order valence-electron chi connectivity index (χ0n) is 16.7. The molecule has 0 aliphatic carbocycles. The van der Waals surface area contributed by atoms with E-state index in [1.54, 1.807) is 22.9 Å². The van der Waals surface area contributed by atoms with Crippen molar-refractivity contribution in [1.82, 2.24) is 14.8 Å². The van der Waals surface area contributed by atoms with E-state index in [0.29, 0.717) is 32.1 Å². The fraction of sp³-hybridized carbons (Fsp3) is 0.381. The highest BCUT2D eigenvalue weighted by Gasteiger charge is 2.26. The molecule has 0 spiro atoms. The smallest absolute Gasteiger partial charge is 0.323 e. The highest BCUT2D eigenvalue weighted by atomic mass is 16.5. The van der Waals surface area contributed by atoms with Crippen molar-refractivity contribution < 1.29 is 19.4 Å². The van der Waals surface area contributed by atoms with Crippen molar-refractivity contribution in [3.8, 4) is 11.1 Å². The number of carbonyl (C=O) groups is 2. The summed E-state index contributed by atoms with van der Waals surface area (Å²) >= 11 is 0. The van der Waals surface area contributed by atoms with E-state index in [4.69, 9.17) is 9.84 Å². The average molecular weight is 398 g/mol. The molecule has 1 saturated heterocycles. The molecule has 1 fully saturated rings. The van der Waals surface area contributed by atoms with Crippen molar-refractivity contribution in [2.24, 2.45) is 0 Å². The van der Waals surface area contributed by atoms with Crippen LogP contribution in [-0.2, 0) is 9.53 Å². The van der Waals surface area contributed by atoms with Crippen LogP contribution in [0.15, 0.2) is 42.5 Å². The molecule has 1 aliphatic heterocycles. The van der Waals surface area contributed by atoms with Gasteiger partial charge in [0.05, 0.1) is 19.3 Å². The van der Waals surface area contributed by atoms with Gasteiger partial charge in [-0.2, -0.15) is 0 Å². The number of hydrogen-bond acceptors (Lipinski definition) is 5. The maximum Gasteiger partial charge on any atom is 0.323 e. The maximum atomic E-state index is 12.7. The zero-order valence-corrected chi connectivity index (χ0v) is 16.7. The van der Waals surface area contributed by atoms with Crippen LogP contribution in [0.5, 0.6) is 0 Å². The summed E-state index contributed by atoms with van der Waals surface area (Å²) in [5.41, 5.74) is 2.94. The summed E-state index contributed by atoms with van der Waals surface area (Å²) in [6.07, 6.45) is -0.228. The van der Waals surface area contributed by atoms with Crippen LogP contribution in [0, 0.1) is 6.92 Å². The first-order chi connectivity index (χ1) is 13.9. The van der Waals surface area contributed by atoms with Gasteiger partial charge in [-0.05, 0) is 31.7 Å². The van der Waals surface area contributed by atoms with Gasteiger partial charge in [0, 0.05) is 30.9 Å². The van der Waals surface area contributed by atoms with Gasteiger partial charge in [0.2, 0.25) is 0 Å². The minimum atomic E-state index is -0.890. The van der Waals surface area contributed by atoms with Gasteiger partial charge in [0.25, 0.3) is 0 Å². The van der Waals surface area contributed by atoms with Gasteiger partial charge in [-0.3, -0.25) is 15.0 Å². The number of aryl methyl sites for hydroxylation is 1. The van der Waals surface area contributed by atoms with Crippen molar-refractivity contribution in [2.45, 2.75) is 13.0 Å². The Bertz CT molecular complexity index is 859. The molecule has 154 valence electrons. The van der Waals surface area contributed by atoms with E-state index in [1.165, 1.54) is 0 Å². The lowest BCUT2D eigenvalue weighted by Crippen LogP contribution is -2.50. The number of carbonyl (C=O) groups excluding carboxylic acids is 1. The Morgan fingerprint density at radius 1 is 1.28 bits per heavy atom. The Labute approximate surface area is 170 Å². The number of hydrogen-bond donors (Lipinski definition) is 2. The topological polar surface area (TPSA) is 95.0 Å². The molecule has 0 bridgehead atoms. The number of pyridine rings is 1. The van der Waals surface area contributed by atoms with Crippen LogP contribution in [0.2, 0.25) is 0 Å². The van der Waals surface area contributed by atoms with Gasteiger partial charge in [-0.25, -0.2) is 9.78 Å². The molecular weight excluding hydrogens is 372 g/mol. The van der Waals surface area contributed by atoms with Gasteiger partial charge in [-0.1, -0.05) is 30.3 Å². The highest BCUT2D eigenvalue weighted by Crippen LogP contribution is 2.23. The SMILES string of the molecule is Cc1nc(NC(=O)N2CCOC(CN(C)CC(=O)O)C2)ccc1-c1ccccc1. The number of aliphatic carboxylic acids is 1. The van der Waals surface area contributed by atoms with Crippen molar-refractivity contribution >= 4 is 17.8 Å². The van der Waals surface area contributed by atoms with Crippen molar-refractivity contribution in [2.75, 3.05) is 45.2 Å². The molecule has 1 aromatic carbocycles. The summed E-state index contributed by atoms with van der Waals surface area (Å²) < 4.78 is 5.67. The molecule has 8 heteroatoms.